The molecule has 1 atom stereocenters. The fourth-order valence-corrected chi connectivity index (χ4v) is 2.03. The minimum Gasteiger partial charge on any atom is -0.464 e. The molecule has 1 N–H and O–H groups in total. The summed E-state index contributed by atoms with van der Waals surface area (Å²) < 4.78 is 4.76. The highest BCUT2D eigenvalue weighted by atomic mass is 35.5. The van der Waals surface area contributed by atoms with Gasteiger partial charge in [0.05, 0.1) is 23.1 Å². The molecule has 0 aliphatic carbocycles. The Balaban J connectivity index is 1.94. The molecule has 1 fully saturated rings. The topological polar surface area (TPSA) is 55.4 Å². The van der Waals surface area contributed by atoms with Gasteiger partial charge in [-0.25, -0.2) is 4.79 Å². The van der Waals surface area contributed by atoms with Crippen molar-refractivity contribution in [3.05, 3.63) is 33.8 Å². The number of carbonyl (C=O) groups excluding carboxylic acids is 2. The van der Waals surface area contributed by atoms with Crippen molar-refractivity contribution >= 4 is 35.1 Å². The number of esters is 1. The van der Waals surface area contributed by atoms with Crippen LogP contribution in [-0.2, 0) is 20.7 Å². The van der Waals surface area contributed by atoms with E-state index in [-0.39, 0.29) is 18.3 Å². The Labute approximate surface area is 114 Å². The van der Waals surface area contributed by atoms with Crippen LogP contribution in [0.25, 0.3) is 0 Å². The van der Waals surface area contributed by atoms with Gasteiger partial charge in [0.25, 0.3) is 0 Å². The van der Waals surface area contributed by atoms with E-state index in [4.69, 9.17) is 27.9 Å². The fourth-order valence-electron chi connectivity index (χ4n) is 1.71. The largest absolute Gasteiger partial charge is 0.464 e. The van der Waals surface area contributed by atoms with Crippen LogP contribution in [0, 0.1) is 0 Å². The second-order valence-electron chi connectivity index (χ2n) is 4.00. The predicted octanol–water partition coefficient (Wildman–Crippen LogP) is 1.97. The first-order valence-electron chi connectivity index (χ1n) is 5.46. The van der Waals surface area contributed by atoms with Crippen LogP contribution in [0.1, 0.15) is 12.0 Å². The summed E-state index contributed by atoms with van der Waals surface area (Å²) in [6, 6.07) is 4.47. The lowest BCUT2D eigenvalue weighted by atomic mass is 10.1. The summed E-state index contributed by atoms with van der Waals surface area (Å²) in [6.45, 7) is 0.358. The van der Waals surface area contributed by atoms with E-state index in [1.165, 1.54) is 0 Å². The summed E-state index contributed by atoms with van der Waals surface area (Å²) in [4.78, 5) is 22.9. The Morgan fingerprint density at radius 2 is 2.17 bits per heavy atom. The van der Waals surface area contributed by atoms with Gasteiger partial charge in [-0.3, -0.25) is 4.79 Å². The molecule has 1 aliphatic rings. The van der Waals surface area contributed by atoms with E-state index in [1.54, 1.807) is 18.2 Å². The summed E-state index contributed by atoms with van der Waals surface area (Å²) in [5, 5.41) is 3.47. The van der Waals surface area contributed by atoms with E-state index in [2.05, 4.69) is 5.32 Å². The molecule has 0 radical (unpaired) electrons. The van der Waals surface area contributed by atoms with Gasteiger partial charge in [0.2, 0.25) is 5.91 Å². The molecule has 1 amide bonds. The number of ether oxygens (including phenoxy) is 1. The average Bonchev–Trinajstić information content (AvgIpc) is 2.70. The summed E-state index contributed by atoms with van der Waals surface area (Å²) >= 11 is 11.6. The van der Waals surface area contributed by atoms with Crippen LogP contribution >= 0.6 is 23.2 Å². The quantitative estimate of drug-likeness (QED) is 0.865. The number of rotatable bonds is 3. The lowest BCUT2D eigenvalue weighted by Crippen LogP contribution is -2.38. The molecule has 0 saturated carbocycles. The van der Waals surface area contributed by atoms with E-state index >= 15 is 0 Å². The number of halogens is 2. The van der Waals surface area contributed by atoms with Gasteiger partial charge >= 0.3 is 5.97 Å². The number of amides is 1. The highest BCUT2D eigenvalue weighted by Crippen LogP contribution is 2.22. The molecular weight excluding hydrogens is 277 g/mol. The first kappa shape index (κ1) is 13.2. The molecule has 0 spiro atoms. The number of benzene rings is 1. The van der Waals surface area contributed by atoms with Gasteiger partial charge in [-0.2, -0.15) is 0 Å². The first-order valence-corrected chi connectivity index (χ1v) is 6.22. The van der Waals surface area contributed by atoms with Gasteiger partial charge in [-0.1, -0.05) is 29.3 Å². The fraction of sp³-hybridized carbons (Fsp3) is 0.333. The Morgan fingerprint density at radius 3 is 2.78 bits per heavy atom. The van der Waals surface area contributed by atoms with Crippen LogP contribution in [0.15, 0.2) is 18.2 Å². The minimum atomic E-state index is -0.528. The van der Waals surface area contributed by atoms with Crippen LogP contribution in [-0.4, -0.2) is 24.5 Å². The third-order valence-electron chi connectivity index (χ3n) is 2.62. The third-order valence-corrected chi connectivity index (χ3v) is 3.36. The molecule has 2 rings (SSSR count). The standard InChI is InChI=1S/C12H11Cl2NO3/c13-8-2-1-7(5-9(8)14)6-11(16)15-10-3-4-18-12(10)17/h1-2,5,10H,3-4,6H2,(H,15,16)/t10-/m0/s1. The van der Waals surface area contributed by atoms with Crippen LogP contribution < -0.4 is 5.32 Å². The molecule has 6 heteroatoms. The van der Waals surface area contributed by atoms with Crippen molar-refractivity contribution in [2.24, 2.45) is 0 Å². The van der Waals surface area contributed by atoms with Crippen LogP contribution in [0.3, 0.4) is 0 Å². The lowest BCUT2D eigenvalue weighted by molar-refractivity contribution is -0.141. The van der Waals surface area contributed by atoms with E-state index in [0.29, 0.717) is 23.1 Å². The first-order chi connectivity index (χ1) is 8.56. The molecule has 1 heterocycles. The molecule has 1 aliphatic heterocycles. The maximum atomic E-state index is 11.7. The van der Waals surface area contributed by atoms with Crippen molar-refractivity contribution in [2.75, 3.05) is 6.61 Å². The van der Waals surface area contributed by atoms with Crippen molar-refractivity contribution < 1.29 is 14.3 Å². The summed E-state index contributed by atoms with van der Waals surface area (Å²) in [5.74, 6) is -0.616. The van der Waals surface area contributed by atoms with Gasteiger partial charge < -0.3 is 10.1 Å². The number of cyclic esters (lactones) is 1. The highest BCUT2D eigenvalue weighted by Gasteiger charge is 2.27. The zero-order valence-corrected chi connectivity index (χ0v) is 10.9. The molecule has 1 saturated heterocycles. The predicted molar refractivity (Wildman–Crippen MR) is 67.7 cm³/mol. The molecule has 1 aromatic rings. The Kier molecular flexibility index (Phi) is 4.09. The van der Waals surface area contributed by atoms with Gasteiger partial charge in [0, 0.05) is 6.42 Å². The zero-order chi connectivity index (χ0) is 13.1. The van der Waals surface area contributed by atoms with Crippen LogP contribution in [0.2, 0.25) is 10.0 Å². The molecule has 0 bridgehead atoms. The van der Waals surface area contributed by atoms with Crippen LogP contribution in [0.5, 0.6) is 0 Å². The normalized spacial score (nSPS) is 18.6. The second kappa shape index (κ2) is 5.59. The molecule has 0 unspecified atom stereocenters. The number of hydrogen-bond donors (Lipinski definition) is 1. The van der Waals surface area contributed by atoms with Crippen molar-refractivity contribution in [2.45, 2.75) is 18.9 Å². The monoisotopic (exact) mass is 287 g/mol. The van der Waals surface area contributed by atoms with Gasteiger partial charge in [-0.05, 0) is 17.7 Å². The summed E-state index contributed by atoms with van der Waals surface area (Å²) in [5.41, 5.74) is 0.744. The molecule has 18 heavy (non-hydrogen) atoms. The Bertz CT molecular complexity index is 490. The average molecular weight is 288 g/mol. The number of hydrogen-bond acceptors (Lipinski definition) is 3. The zero-order valence-electron chi connectivity index (χ0n) is 9.41. The maximum absolute atomic E-state index is 11.7. The van der Waals surface area contributed by atoms with Crippen molar-refractivity contribution in [3.8, 4) is 0 Å². The molecular formula is C12H11Cl2NO3. The van der Waals surface area contributed by atoms with Crippen molar-refractivity contribution in [1.82, 2.24) is 5.32 Å². The smallest absolute Gasteiger partial charge is 0.328 e. The molecule has 1 aromatic carbocycles. The van der Waals surface area contributed by atoms with Crippen molar-refractivity contribution in [3.63, 3.8) is 0 Å². The van der Waals surface area contributed by atoms with E-state index in [1.807, 2.05) is 0 Å². The third kappa shape index (κ3) is 3.15. The maximum Gasteiger partial charge on any atom is 0.328 e. The number of nitrogens with one attached hydrogen (secondary N) is 1. The van der Waals surface area contributed by atoms with E-state index in [0.717, 1.165) is 5.56 Å². The van der Waals surface area contributed by atoms with Crippen LogP contribution in [0.4, 0.5) is 0 Å². The molecule has 96 valence electrons. The summed E-state index contributed by atoms with van der Waals surface area (Å²) in [6.07, 6.45) is 0.673. The van der Waals surface area contributed by atoms with E-state index < -0.39 is 6.04 Å². The summed E-state index contributed by atoms with van der Waals surface area (Å²) in [7, 11) is 0. The van der Waals surface area contributed by atoms with Crippen molar-refractivity contribution in [1.29, 1.82) is 0 Å². The molecule has 4 nitrogen and oxygen atoms in total. The van der Waals surface area contributed by atoms with Gasteiger partial charge in [-0.15, -0.1) is 0 Å². The lowest BCUT2D eigenvalue weighted by Gasteiger charge is -2.09. The highest BCUT2D eigenvalue weighted by molar-refractivity contribution is 6.42. The number of carbonyl (C=O) groups is 2. The molecule has 0 aromatic heterocycles. The second-order valence-corrected chi connectivity index (χ2v) is 4.82. The minimum absolute atomic E-state index is 0.153. The van der Waals surface area contributed by atoms with Gasteiger partial charge in [0.15, 0.2) is 0 Å². The van der Waals surface area contributed by atoms with Gasteiger partial charge in [0.1, 0.15) is 6.04 Å². The van der Waals surface area contributed by atoms with E-state index in [9.17, 15) is 9.59 Å². The Hall–Kier alpha value is -1.26. The Morgan fingerprint density at radius 1 is 1.39 bits per heavy atom. The SMILES string of the molecule is O=C(Cc1ccc(Cl)c(Cl)c1)N[C@H]1CCOC1=O.